The number of nitrogens with zero attached hydrogens (tertiary/aromatic N) is 4. The summed E-state index contributed by atoms with van der Waals surface area (Å²) in [5.41, 5.74) is 5.02. The molecule has 1 fully saturated rings. The van der Waals surface area contributed by atoms with Crippen LogP contribution in [0, 0.1) is 0 Å². The van der Waals surface area contributed by atoms with Gasteiger partial charge in [-0.15, -0.1) is 0 Å². The highest BCUT2D eigenvalue weighted by Crippen LogP contribution is 2.30. The number of nitrogens with one attached hydrogen (secondary N) is 2. The summed E-state index contributed by atoms with van der Waals surface area (Å²) < 4.78 is 6.89. The lowest BCUT2D eigenvalue weighted by Gasteiger charge is -2.34. The molecule has 0 aliphatic carbocycles. The van der Waals surface area contributed by atoms with E-state index in [4.69, 9.17) is 4.74 Å². The molecule has 1 aromatic carbocycles. The second-order valence-corrected chi connectivity index (χ2v) is 10.1. The van der Waals surface area contributed by atoms with Gasteiger partial charge in [-0.25, -0.2) is 0 Å². The summed E-state index contributed by atoms with van der Waals surface area (Å²) in [6.45, 7) is 12.6. The van der Waals surface area contributed by atoms with Crippen molar-refractivity contribution in [3.63, 3.8) is 0 Å². The lowest BCUT2D eigenvalue weighted by Crippen LogP contribution is -2.39. The van der Waals surface area contributed by atoms with Crippen molar-refractivity contribution in [2.75, 3.05) is 58.1 Å². The molecule has 0 saturated carbocycles. The van der Waals surface area contributed by atoms with Crippen molar-refractivity contribution in [1.82, 2.24) is 19.6 Å². The van der Waals surface area contributed by atoms with Gasteiger partial charge in [0.25, 0.3) is 0 Å². The largest absolute Gasteiger partial charge is 0.383 e. The van der Waals surface area contributed by atoms with Gasteiger partial charge in [-0.1, -0.05) is 6.92 Å². The first kappa shape index (κ1) is 31.2. The van der Waals surface area contributed by atoms with E-state index in [1.807, 2.05) is 27.2 Å². The molecule has 2 heterocycles. The number of anilines is 2. The van der Waals surface area contributed by atoms with Gasteiger partial charge in [-0.05, 0) is 77.9 Å². The minimum atomic E-state index is 0.424. The number of carbonyl (C=O) groups excluding carboxylic acids is 2. The zero-order valence-corrected chi connectivity index (χ0v) is 24.2. The molecule has 1 saturated heterocycles. The number of ether oxygens (including phenoxy) is 1. The minimum Gasteiger partial charge on any atom is -0.383 e. The van der Waals surface area contributed by atoms with E-state index >= 15 is 0 Å². The van der Waals surface area contributed by atoms with E-state index in [1.165, 1.54) is 0 Å². The molecule has 0 unspecified atom stereocenters. The molecule has 210 valence electrons. The molecule has 9 nitrogen and oxygen atoms in total. The van der Waals surface area contributed by atoms with E-state index in [2.05, 4.69) is 57.2 Å². The Balaban J connectivity index is 0.000000638. The molecule has 0 radical (unpaired) electrons. The summed E-state index contributed by atoms with van der Waals surface area (Å²) in [6, 6.07) is 6.27. The quantitative estimate of drug-likeness (QED) is 0.386. The first-order valence-corrected chi connectivity index (χ1v) is 13.4. The van der Waals surface area contributed by atoms with Crippen LogP contribution >= 0.6 is 0 Å². The first-order chi connectivity index (χ1) is 18.2. The summed E-state index contributed by atoms with van der Waals surface area (Å²) in [6.07, 6.45) is 8.39. The van der Waals surface area contributed by atoms with Gasteiger partial charge in [-0.3, -0.25) is 14.3 Å². The van der Waals surface area contributed by atoms with E-state index < -0.39 is 0 Å². The Morgan fingerprint density at radius 1 is 1.24 bits per heavy atom. The number of allylic oxidation sites excluding steroid dienone is 2. The molecule has 1 aliphatic rings. The molecule has 2 N–H and O–H groups in total. The van der Waals surface area contributed by atoms with E-state index in [9.17, 15) is 9.59 Å². The standard InChI is InChI=1S/C24H33N5O2.C5H13NO/c1-5-23(18(4)22-12-19(15-30)6-7-24(22)25-16-31)27-20-13-26-29(14-20)21-8-10-28(11-9-21)17(2)3;1-6(2)4-5-7-3/h6-7,12-17,21,27H,5,8-11H2,1-4H3,(H,25,31);4-5H2,1-3H3/b23-18+;. The molecule has 1 aromatic heterocycles. The van der Waals surface area contributed by atoms with Crippen molar-refractivity contribution < 1.29 is 14.3 Å². The third kappa shape index (κ3) is 9.38. The van der Waals surface area contributed by atoms with Gasteiger partial charge in [0.1, 0.15) is 6.29 Å². The summed E-state index contributed by atoms with van der Waals surface area (Å²) in [5, 5.41) is 10.8. The number of benzene rings is 1. The van der Waals surface area contributed by atoms with Crippen LogP contribution in [0.2, 0.25) is 0 Å². The topological polar surface area (TPSA) is 91.7 Å². The van der Waals surface area contributed by atoms with Crippen LogP contribution in [0.4, 0.5) is 11.4 Å². The maximum Gasteiger partial charge on any atom is 0.211 e. The van der Waals surface area contributed by atoms with Gasteiger partial charge in [0.15, 0.2) is 0 Å². The van der Waals surface area contributed by atoms with Gasteiger partial charge in [0.2, 0.25) is 6.41 Å². The zero-order valence-electron chi connectivity index (χ0n) is 24.2. The second kappa shape index (κ2) is 16.1. The maximum atomic E-state index is 11.3. The Morgan fingerprint density at radius 2 is 1.95 bits per heavy atom. The maximum absolute atomic E-state index is 11.3. The number of amides is 1. The molecule has 2 aromatic rings. The van der Waals surface area contributed by atoms with Crippen molar-refractivity contribution in [3.8, 4) is 0 Å². The smallest absolute Gasteiger partial charge is 0.211 e. The van der Waals surface area contributed by atoms with Crippen LogP contribution in [0.3, 0.4) is 0 Å². The minimum absolute atomic E-state index is 0.424. The van der Waals surface area contributed by atoms with Gasteiger partial charge in [0, 0.05) is 61.5 Å². The van der Waals surface area contributed by atoms with Crippen molar-refractivity contribution in [3.05, 3.63) is 47.4 Å². The first-order valence-electron chi connectivity index (χ1n) is 13.4. The number of carbonyl (C=O) groups is 2. The predicted octanol–water partition coefficient (Wildman–Crippen LogP) is 4.76. The number of piperidine rings is 1. The normalized spacial score (nSPS) is 15.1. The Labute approximate surface area is 228 Å². The molecule has 0 atom stereocenters. The number of methoxy groups -OCH3 is 1. The highest BCUT2D eigenvalue weighted by Gasteiger charge is 2.22. The number of likely N-dealkylation sites (tertiary alicyclic amines) is 1. The SMILES string of the molecule is CC/C(Nc1cnn(C2CCN(C(C)C)CC2)c1)=C(/C)c1cc(C=O)ccc1NC=O.COCCN(C)C. The Morgan fingerprint density at radius 3 is 2.47 bits per heavy atom. The van der Waals surface area contributed by atoms with Crippen LogP contribution in [0.15, 0.2) is 36.3 Å². The van der Waals surface area contributed by atoms with E-state index in [0.29, 0.717) is 29.7 Å². The molecule has 1 aliphatic heterocycles. The lowest BCUT2D eigenvalue weighted by atomic mass is 9.99. The van der Waals surface area contributed by atoms with Crippen molar-refractivity contribution in [2.24, 2.45) is 0 Å². The number of aromatic nitrogens is 2. The van der Waals surface area contributed by atoms with Crippen molar-refractivity contribution >= 4 is 29.6 Å². The monoisotopic (exact) mass is 526 g/mol. The van der Waals surface area contributed by atoms with E-state index in [-0.39, 0.29) is 0 Å². The third-order valence-corrected chi connectivity index (χ3v) is 6.85. The fourth-order valence-electron chi connectivity index (χ4n) is 4.46. The highest BCUT2D eigenvalue weighted by molar-refractivity contribution is 5.88. The van der Waals surface area contributed by atoms with Gasteiger partial charge in [0.05, 0.1) is 24.5 Å². The zero-order chi connectivity index (χ0) is 28.1. The Kier molecular flexibility index (Phi) is 13.2. The average molecular weight is 527 g/mol. The number of aldehydes is 1. The molecular weight excluding hydrogens is 480 g/mol. The fourth-order valence-corrected chi connectivity index (χ4v) is 4.46. The number of hydrogen-bond acceptors (Lipinski definition) is 7. The molecule has 38 heavy (non-hydrogen) atoms. The van der Waals surface area contributed by atoms with Crippen molar-refractivity contribution in [1.29, 1.82) is 0 Å². The van der Waals surface area contributed by atoms with Crippen LogP contribution < -0.4 is 10.6 Å². The number of rotatable bonds is 12. The summed E-state index contributed by atoms with van der Waals surface area (Å²) in [7, 11) is 5.77. The predicted molar refractivity (Wildman–Crippen MR) is 156 cm³/mol. The molecular formula is C29H46N6O3. The van der Waals surface area contributed by atoms with Crippen LogP contribution in [-0.2, 0) is 9.53 Å². The van der Waals surface area contributed by atoms with Crippen LogP contribution in [-0.4, -0.2) is 85.8 Å². The summed E-state index contributed by atoms with van der Waals surface area (Å²) in [5.74, 6) is 0. The van der Waals surface area contributed by atoms with Crippen molar-refractivity contribution in [2.45, 2.75) is 59.0 Å². The van der Waals surface area contributed by atoms with Gasteiger partial charge < -0.3 is 25.2 Å². The van der Waals surface area contributed by atoms with Crippen LogP contribution in [0.5, 0.6) is 0 Å². The number of hydrogen-bond donors (Lipinski definition) is 2. The lowest BCUT2D eigenvalue weighted by molar-refractivity contribution is -0.105. The van der Waals surface area contributed by atoms with Crippen LogP contribution in [0.1, 0.15) is 68.9 Å². The Bertz CT molecular complexity index is 1040. The molecule has 0 spiro atoms. The fraction of sp³-hybridized carbons (Fsp3) is 0.552. The van der Waals surface area contributed by atoms with Gasteiger partial charge in [-0.2, -0.15) is 5.10 Å². The van der Waals surface area contributed by atoms with Gasteiger partial charge >= 0.3 is 0 Å². The Hall–Kier alpha value is -3.01. The van der Waals surface area contributed by atoms with Crippen LogP contribution in [0.25, 0.3) is 5.57 Å². The summed E-state index contributed by atoms with van der Waals surface area (Å²) in [4.78, 5) is 26.9. The molecule has 3 rings (SSSR count). The highest BCUT2D eigenvalue weighted by atomic mass is 16.5. The van der Waals surface area contributed by atoms with E-state index in [1.54, 1.807) is 25.3 Å². The molecule has 0 bridgehead atoms. The molecule has 1 amide bonds. The summed E-state index contributed by atoms with van der Waals surface area (Å²) >= 11 is 0. The second-order valence-electron chi connectivity index (χ2n) is 10.1. The third-order valence-electron chi connectivity index (χ3n) is 6.85. The number of likely N-dealkylation sites (N-methyl/N-ethyl adjacent to an activating group) is 1. The molecule has 9 heteroatoms. The average Bonchev–Trinajstić information content (AvgIpc) is 3.39. The van der Waals surface area contributed by atoms with E-state index in [0.717, 1.165) is 74.3 Å².